The van der Waals surface area contributed by atoms with Crippen LogP contribution in [0.5, 0.6) is 0 Å². The molecule has 0 bridgehead atoms. The Morgan fingerprint density at radius 1 is 1.27 bits per heavy atom. The summed E-state index contributed by atoms with van der Waals surface area (Å²) in [4.78, 5) is 0.159. The highest BCUT2D eigenvalue weighted by Gasteiger charge is 2.03. The average Bonchev–Trinajstić information content (AvgIpc) is 2.31. The van der Waals surface area contributed by atoms with Crippen molar-refractivity contribution in [3.05, 3.63) is 27.6 Å². The van der Waals surface area contributed by atoms with Crippen LogP contribution in [0.4, 0.5) is 0 Å². The lowest BCUT2D eigenvalue weighted by Crippen LogP contribution is -1.63. The zero-order valence-corrected chi connectivity index (χ0v) is 7.74. The number of hydrogen-bond donors (Lipinski definition) is 0. The molecule has 56 valence electrons. The maximum atomic E-state index is 5.10. The lowest BCUT2D eigenvalue weighted by atomic mass is 10.3. The fourth-order valence-corrected chi connectivity index (χ4v) is 1.46. The van der Waals surface area contributed by atoms with Gasteiger partial charge in [-0.1, -0.05) is 6.07 Å². The Kier molecular flexibility index (Phi) is 1.58. The zero-order valence-electron chi connectivity index (χ0n) is 5.33. The number of halogens is 1. The van der Waals surface area contributed by atoms with Gasteiger partial charge in [0.15, 0.2) is 11.2 Å². The van der Waals surface area contributed by atoms with Gasteiger partial charge in [-0.2, -0.15) is 0 Å². The first-order chi connectivity index (χ1) is 5.27. The van der Waals surface area contributed by atoms with Crippen LogP contribution in [-0.4, -0.2) is 0 Å². The fraction of sp³-hybridized carbons (Fsp3) is 0. The van der Waals surface area contributed by atoms with Crippen molar-refractivity contribution in [3.63, 3.8) is 0 Å². The summed E-state index contributed by atoms with van der Waals surface area (Å²) in [7, 11) is 0. The van der Waals surface area contributed by atoms with Crippen LogP contribution in [0.2, 0.25) is 0 Å². The minimum Gasteiger partial charge on any atom is -0.413 e. The van der Waals surface area contributed by atoms with Gasteiger partial charge in [0.1, 0.15) is 0 Å². The van der Waals surface area contributed by atoms with Crippen LogP contribution in [0.1, 0.15) is 0 Å². The quantitative estimate of drug-likeness (QED) is 0.649. The third-order valence-corrected chi connectivity index (χ3v) is 2.10. The van der Waals surface area contributed by atoms with Gasteiger partial charge >= 0.3 is 4.90 Å². The van der Waals surface area contributed by atoms with E-state index in [0.29, 0.717) is 11.2 Å². The first-order valence-corrected chi connectivity index (χ1v) is 4.15. The Morgan fingerprint density at radius 2 is 2.09 bits per heavy atom. The van der Waals surface area contributed by atoms with Crippen molar-refractivity contribution in [3.8, 4) is 0 Å². The van der Waals surface area contributed by atoms with Gasteiger partial charge in [-0.05, 0) is 28.1 Å². The van der Waals surface area contributed by atoms with Gasteiger partial charge in [0.05, 0.1) is 4.47 Å². The van der Waals surface area contributed by atoms with E-state index < -0.39 is 0 Å². The molecular weight excluding hydrogens is 228 g/mol. The van der Waals surface area contributed by atoms with E-state index in [1.807, 2.05) is 12.1 Å². The summed E-state index contributed by atoms with van der Waals surface area (Å²) < 4.78 is 11.0. The van der Waals surface area contributed by atoms with E-state index in [-0.39, 0.29) is 4.90 Å². The molecule has 2 nitrogen and oxygen atoms in total. The van der Waals surface area contributed by atoms with Crippen molar-refractivity contribution >= 4 is 39.3 Å². The molecule has 0 N–H and O–H groups in total. The summed E-state index contributed by atoms with van der Waals surface area (Å²) in [6, 6.07) is 5.54. The van der Waals surface area contributed by atoms with Gasteiger partial charge in [0.2, 0.25) is 0 Å². The van der Waals surface area contributed by atoms with E-state index in [2.05, 4.69) is 15.9 Å². The first-order valence-electron chi connectivity index (χ1n) is 2.95. The summed E-state index contributed by atoms with van der Waals surface area (Å²) >= 11 is 8.03. The van der Waals surface area contributed by atoms with Crippen LogP contribution in [0, 0.1) is 4.90 Å². The van der Waals surface area contributed by atoms with E-state index in [0.717, 1.165) is 4.47 Å². The zero-order chi connectivity index (χ0) is 7.84. The molecule has 0 amide bonds. The first kappa shape index (κ1) is 7.06. The molecule has 0 saturated heterocycles. The van der Waals surface area contributed by atoms with Crippen LogP contribution in [-0.2, 0) is 0 Å². The number of para-hydroxylation sites is 1. The summed E-state index contributed by atoms with van der Waals surface area (Å²) in [5, 5.41) is 0. The lowest BCUT2D eigenvalue weighted by Gasteiger charge is -1.85. The van der Waals surface area contributed by atoms with Gasteiger partial charge in [-0.15, -0.1) is 0 Å². The molecule has 0 atom stereocenters. The molecule has 2 aromatic rings. The molecule has 4 heteroatoms. The fourth-order valence-electron chi connectivity index (χ4n) is 0.862. The van der Waals surface area contributed by atoms with Gasteiger partial charge in [0.25, 0.3) is 0 Å². The van der Waals surface area contributed by atoms with Crippen molar-refractivity contribution in [2.24, 2.45) is 0 Å². The highest BCUT2D eigenvalue weighted by Crippen LogP contribution is 2.24. The van der Waals surface area contributed by atoms with Crippen molar-refractivity contribution in [1.82, 2.24) is 0 Å². The molecule has 1 heterocycles. The Labute approximate surface area is 75.9 Å². The normalized spacial score (nSPS) is 10.6. The topological polar surface area (TPSA) is 26.3 Å². The molecule has 0 aliphatic carbocycles. The molecule has 0 aliphatic rings. The van der Waals surface area contributed by atoms with E-state index >= 15 is 0 Å². The van der Waals surface area contributed by atoms with Gasteiger partial charge < -0.3 is 8.83 Å². The van der Waals surface area contributed by atoms with E-state index in [1.165, 1.54) is 0 Å². The highest BCUT2D eigenvalue weighted by atomic mass is 79.9. The molecule has 0 fully saturated rings. The van der Waals surface area contributed by atoms with E-state index in [9.17, 15) is 0 Å². The number of hydrogen-bond acceptors (Lipinski definition) is 3. The third kappa shape index (κ3) is 1.12. The lowest BCUT2D eigenvalue weighted by molar-refractivity contribution is 0.443. The second-order valence-electron chi connectivity index (χ2n) is 2.02. The summed E-state index contributed by atoms with van der Waals surface area (Å²) in [6.07, 6.45) is 0. The average molecular weight is 231 g/mol. The summed E-state index contributed by atoms with van der Waals surface area (Å²) in [5.41, 5.74) is 1.34. The molecular formula is C7H3BrO2S. The Hall–Kier alpha value is -0.610. The van der Waals surface area contributed by atoms with Crippen LogP contribution in [0.25, 0.3) is 11.2 Å². The molecule has 0 spiro atoms. The molecule has 1 aromatic heterocycles. The standard InChI is InChI=1S/C7H3BrO2S/c8-4-2-1-3-5-6(4)10-7(11)9-5/h1-3H. The van der Waals surface area contributed by atoms with Crippen LogP contribution >= 0.6 is 28.1 Å². The Bertz CT molecular complexity index is 443. The van der Waals surface area contributed by atoms with E-state index in [4.69, 9.17) is 21.1 Å². The minimum atomic E-state index is 0.159. The largest absolute Gasteiger partial charge is 0.413 e. The highest BCUT2D eigenvalue weighted by molar-refractivity contribution is 9.10. The minimum absolute atomic E-state index is 0.159. The monoisotopic (exact) mass is 230 g/mol. The van der Waals surface area contributed by atoms with Crippen molar-refractivity contribution < 1.29 is 8.83 Å². The predicted molar refractivity (Wildman–Crippen MR) is 47.0 cm³/mol. The number of benzene rings is 1. The van der Waals surface area contributed by atoms with Crippen molar-refractivity contribution in [2.75, 3.05) is 0 Å². The predicted octanol–water partition coefficient (Wildman–Crippen LogP) is 3.52. The number of fused-ring (bicyclic) bond motifs is 1. The van der Waals surface area contributed by atoms with Crippen molar-refractivity contribution in [2.45, 2.75) is 0 Å². The van der Waals surface area contributed by atoms with Crippen molar-refractivity contribution in [1.29, 1.82) is 0 Å². The molecule has 0 aliphatic heterocycles. The third-order valence-electron chi connectivity index (χ3n) is 1.31. The van der Waals surface area contributed by atoms with Gasteiger partial charge in [-0.3, -0.25) is 0 Å². The van der Waals surface area contributed by atoms with Gasteiger partial charge in [-0.25, -0.2) is 0 Å². The van der Waals surface area contributed by atoms with Crippen LogP contribution in [0.15, 0.2) is 31.5 Å². The molecule has 0 radical (unpaired) electrons. The molecule has 0 saturated carbocycles. The molecule has 11 heavy (non-hydrogen) atoms. The second kappa shape index (κ2) is 2.46. The molecule has 0 unspecified atom stereocenters. The number of rotatable bonds is 0. The Balaban J connectivity index is 3.01. The summed E-state index contributed by atoms with van der Waals surface area (Å²) in [6.45, 7) is 0. The Morgan fingerprint density at radius 3 is 2.82 bits per heavy atom. The second-order valence-corrected chi connectivity index (χ2v) is 3.21. The maximum Gasteiger partial charge on any atom is 0.363 e. The van der Waals surface area contributed by atoms with Crippen LogP contribution in [0.3, 0.4) is 0 Å². The molecule has 2 rings (SSSR count). The smallest absolute Gasteiger partial charge is 0.363 e. The molecule has 1 aromatic carbocycles. The summed E-state index contributed by atoms with van der Waals surface area (Å²) in [5.74, 6) is 0. The van der Waals surface area contributed by atoms with Crippen LogP contribution < -0.4 is 0 Å². The maximum absolute atomic E-state index is 5.10. The van der Waals surface area contributed by atoms with E-state index in [1.54, 1.807) is 6.07 Å². The van der Waals surface area contributed by atoms with Gasteiger partial charge in [0, 0.05) is 12.2 Å². The SMILES string of the molecule is S=c1oc2cccc(Br)c2o1.